The number of benzene rings is 1. The highest BCUT2D eigenvalue weighted by Gasteiger charge is 2.45. The number of carbonyl (C=O) groups excluding carboxylic acids is 2. The second kappa shape index (κ2) is 11.4. The van der Waals surface area contributed by atoms with Crippen LogP contribution in [0.25, 0.3) is 0 Å². The second-order valence-corrected chi connectivity index (χ2v) is 10.6. The predicted molar refractivity (Wildman–Crippen MR) is 134 cm³/mol. The van der Waals surface area contributed by atoms with Crippen molar-refractivity contribution in [3.8, 4) is 0 Å². The molecule has 1 aromatic heterocycles. The maximum Gasteiger partial charge on any atom is 0.490 e. The molecule has 2 N–H and O–H groups in total. The molecule has 0 radical (unpaired) electrons. The third-order valence-electron chi connectivity index (χ3n) is 8.15. The average Bonchev–Trinajstić information content (AvgIpc) is 3.53. The van der Waals surface area contributed by atoms with Crippen molar-refractivity contribution >= 4 is 17.8 Å². The number of piperazine rings is 1. The van der Waals surface area contributed by atoms with Crippen LogP contribution in [0.2, 0.25) is 0 Å². The van der Waals surface area contributed by atoms with Gasteiger partial charge < -0.3 is 14.9 Å². The first-order valence-electron chi connectivity index (χ1n) is 13.0. The highest BCUT2D eigenvalue weighted by molar-refractivity contribution is 5.97. The van der Waals surface area contributed by atoms with E-state index >= 15 is 0 Å². The van der Waals surface area contributed by atoms with E-state index in [-0.39, 0.29) is 23.6 Å². The van der Waals surface area contributed by atoms with Crippen molar-refractivity contribution in [3.05, 3.63) is 62.3 Å². The highest BCUT2D eigenvalue weighted by atomic mass is 19.4. The number of fused-ring (bicyclic) bond motifs is 2. The largest absolute Gasteiger partial charge is 0.490 e. The molecule has 9 nitrogen and oxygen atoms in total. The van der Waals surface area contributed by atoms with E-state index in [2.05, 4.69) is 10.2 Å². The number of carboxylic acid groups (broad SMARTS) is 1. The molecule has 1 saturated heterocycles. The number of hydrogen-bond acceptors (Lipinski definition) is 5. The van der Waals surface area contributed by atoms with Gasteiger partial charge in [-0.3, -0.25) is 14.4 Å². The van der Waals surface area contributed by atoms with Gasteiger partial charge in [0, 0.05) is 31.1 Å². The minimum Gasteiger partial charge on any atom is -0.475 e. The third-order valence-corrected chi connectivity index (χ3v) is 8.15. The van der Waals surface area contributed by atoms with Gasteiger partial charge in [-0.1, -0.05) is 12.5 Å². The van der Waals surface area contributed by atoms with Crippen LogP contribution in [0.15, 0.2) is 23.0 Å². The Bertz CT molecular complexity index is 1380. The Morgan fingerprint density at radius 2 is 1.80 bits per heavy atom. The Morgan fingerprint density at radius 1 is 1.10 bits per heavy atom. The van der Waals surface area contributed by atoms with E-state index in [0.717, 1.165) is 17.9 Å². The zero-order valence-electron chi connectivity index (χ0n) is 22.1. The van der Waals surface area contributed by atoms with Crippen LogP contribution in [0.4, 0.5) is 17.6 Å². The Kier molecular flexibility index (Phi) is 8.31. The van der Waals surface area contributed by atoms with Gasteiger partial charge in [-0.25, -0.2) is 14.3 Å². The first-order chi connectivity index (χ1) is 18.8. The number of amides is 2. The van der Waals surface area contributed by atoms with Crippen LogP contribution in [0.5, 0.6) is 0 Å². The van der Waals surface area contributed by atoms with E-state index < -0.39 is 23.9 Å². The topological polar surface area (TPSA) is 124 Å². The fourth-order valence-corrected chi connectivity index (χ4v) is 5.86. The van der Waals surface area contributed by atoms with Crippen molar-refractivity contribution in [2.24, 2.45) is 11.8 Å². The lowest BCUT2D eigenvalue weighted by atomic mass is 9.93. The number of halogens is 4. The van der Waals surface area contributed by atoms with E-state index in [1.165, 1.54) is 36.3 Å². The molecule has 2 bridgehead atoms. The Morgan fingerprint density at radius 3 is 2.38 bits per heavy atom. The lowest BCUT2D eigenvalue weighted by Gasteiger charge is -2.40. The van der Waals surface area contributed by atoms with Crippen LogP contribution < -0.4 is 5.56 Å². The number of rotatable bonds is 4. The van der Waals surface area contributed by atoms with Gasteiger partial charge in [-0.2, -0.15) is 18.3 Å². The summed E-state index contributed by atoms with van der Waals surface area (Å²) in [5, 5.41) is 13.7. The molecule has 13 heteroatoms. The summed E-state index contributed by atoms with van der Waals surface area (Å²) in [7, 11) is 0. The summed E-state index contributed by atoms with van der Waals surface area (Å²) < 4.78 is 46.4. The summed E-state index contributed by atoms with van der Waals surface area (Å²) in [4.78, 5) is 50.1. The Hall–Kier alpha value is -3.77. The maximum atomic E-state index is 14.6. The monoisotopic (exact) mass is 566 g/mol. The molecule has 1 aliphatic heterocycles. The molecule has 3 aliphatic rings. The van der Waals surface area contributed by atoms with Gasteiger partial charge in [0.2, 0.25) is 5.91 Å². The van der Waals surface area contributed by atoms with E-state index in [9.17, 15) is 31.9 Å². The van der Waals surface area contributed by atoms with Crippen LogP contribution in [0.3, 0.4) is 0 Å². The number of hydrogen-bond donors (Lipinski definition) is 2. The normalized spacial score (nSPS) is 22.2. The molecule has 2 aliphatic carbocycles. The number of aromatic amines is 1. The third kappa shape index (κ3) is 6.18. The SMILES string of the molecule is Cc1c(Cc2ccc(F)c(C(=O)N3CCN([C@@H]4C[C@H]5CC[C@@H]4C5)C(=O)C3)c2)n[nH]c(=O)c1C.O=C(O)C(F)(F)F. The Labute approximate surface area is 227 Å². The van der Waals surface area contributed by atoms with Crippen molar-refractivity contribution in [3.63, 3.8) is 0 Å². The first kappa shape index (κ1) is 29.2. The second-order valence-electron chi connectivity index (χ2n) is 10.6. The van der Waals surface area contributed by atoms with Gasteiger partial charge in [0.1, 0.15) is 12.4 Å². The Balaban J connectivity index is 0.000000470. The summed E-state index contributed by atoms with van der Waals surface area (Å²) in [5.41, 5.74) is 2.48. The lowest BCUT2D eigenvalue weighted by Crippen LogP contribution is -2.56. The number of alkyl halides is 3. The molecule has 216 valence electrons. The number of nitrogens with one attached hydrogen (secondary N) is 1. The van der Waals surface area contributed by atoms with E-state index in [1.807, 2.05) is 11.8 Å². The van der Waals surface area contributed by atoms with E-state index in [1.54, 1.807) is 13.0 Å². The minimum absolute atomic E-state index is 0.00380. The quantitative estimate of drug-likeness (QED) is 0.548. The summed E-state index contributed by atoms with van der Waals surface area (Å²) in [6, 6.07) is 4.74. The smallest absolute Gasteiger partial charge is 0.475 e. The molecule has 1 aromatic carbocycles. The van der Waals surface area contributed by atoms with Crippen molar-refractivity contribution in [2.75, 3.05) is 19.6 Å². The van der Waals surface area contributed by atoms with Crippen LogP contribution in [-0.4, -0.2) is 74.7 Å². The zero-order chi connectivity index (χ0) is 29.4. The lowest BCUT2D eigenvalue weighted by molar-refractivity contribution is -0.192. The fraction of sp³-hybridized carbons (Fsp3) is 0.519. The standard InChI is InChI=1S/C25H29FN4O3.C2HF3O2/c1-14-15(2)24(32)28-27-21(14)11-17-4-6-20(26)19(10-17)25(33)29-7-8-30(23(31)13-29)22-12-16-3-5-18(22)9-16;3-2(4,5)1(6)7/h4,6,10,16,18,22H,3,5,7-9,11-13H2,1-2H3,(H,28,32);(H,6,7)/t16-,18+,22+;/m0./s1. The van der Waals surface area contributed by atoms with Gasteiger partial charge in [0.25, 0.3) is 11.5 Å². The molecule has 0 spiro atoms. The van der Waals surface area contributed by atoms with Crippen molar-refractivity contribution in [1.29, 1.82) is 0 Å². The van der Waals surface area contributed by atoms with Crippen molar-refractivity contribution in [2.45, 2.75) is 58.2 Å². The number of H-pyrrole nitrogens is 1. The van der Waals surface area contributed by atoms with Crippen molar-refractivity contribution < 1.29 is 37.1 Å². The molecule has 0 unspecified atom stereocenters. The highest BCUT2D eigenvalue weighted by Crippen LogP contribution is 2.46. The molecule has 2 heterocycles. The molecule has 2 aromatic rings. The predicted octanol–water partition coefficient (Wildman–Crippen LogP) is 3.22. The van der Waals surface area contributed by atoms with Crippen molar-refractivity contribution in [1.82, 2.24) is 20.0 Å². The molecular weight excluding hydrogens is 536 g/mol. The van der Waals surface area contributed by atoms with E-state index in [4.69, 9.17) is 9.90 Å². The van der Waals surface area contributed by atoms with Crippen LogP contribution in [0, 0.1) is 31.5 Å². The maximum absolute atomic E-state index is 14.6. The van der Waals surface area contributed by atoms with Crippen LogP contribution in [-0.2, 0) is 16.0 Å². The summed E-state index contributed by atoms with van der Waals surface area (Å²) in [6.45, 7) is 4.48. The van der Waals surface area contributed by atoms with Gasteiger partial charge in [-0.15, -0.1) is 0 Å². The molecular formula is C27H30F4N4O5. The van der Waals surface area contributed by atoms with E-state index in [0.29, 0.717) is 48.3 Å². The average molecular weight is 567 g/mol. The van der Waals surface area contributed by atoms with Gasteiger partial charge in [0.15, 0.2) is 0 Å². The molecule has 2 saturated carbocycles. The summed E-state index contributed by atoms with van der Waals surface area (Å²) in [5.74, 6) is -2.51. The summed E-state index contributed by atoms with van der Waals surface area (Å²) >= 11 is 0. The number of carbonyl (C=O) groups is 3. The number of aromatic nitrogens is 2. The molecule has 2 amide bonds. The molecule has 5 rings (SSSR count). The van der Waals surface area contributed by atoms with Gasteiger partial charge in [-0.05, 0) is 68.2 Å². The van der Waals surface area contributed by atoms with Crippen LogP contribution >= 0.6 is 0 Å². The van der Waals surface area contributed by atoms with Gasteiger partial charge >= 0.3 is 12.1 Å². The minimum atomic E-state index is -5.08. The zero-order valence-corrected chi connectivity index (χ0v) is 22.1. The summed E-state index contributed by atoms with van der Waals surface area (Å²) in [6.07, 6.45) is 0.0535. The number of aliphatic carboxylic acids is 1. The van der Waals surface area contributed by atoms with Gasteiger partial charge in [0.05, 0.1) is 11.3 Å². The number of carboxylic acids is 1. The molecule has 40 heavy (non-hydrogen) atoms. The number of nitrogens with zero attached hydrogens (tertiary/aromatic N) is 3. The fourth-order valence-electron chi connectivity index (χ4n) is 5.86. The molecule has 3 atom stereocenters. The van der Waals surface area contributed by atoms with Crippen LogP contribution in [0.1, 0.15) is 58.4 Å². The first-order valence-corrected chi connectivity index (χ1v) is 13.0. The molecule has 3 fully saturated rings.